The number of carbonyl (C=O) groups excluding carboxylic acids is 2. The summed E-state index contributed by atoms with van der Waals surface area (Å²) in [6.07, 6.45) is 7.78. The SMILES string of the molecule is CC(C)(C(=O)NCCC1=CCCCC1)C(=O)Nc1cccc(Cl)c1Cl. The molecule has 0 fully saturated rings. The highest BCUT2D eigenvalue weighted by atomic mass is 35.5. The van der Waals surface area contributed by atoms with Crippen molar-refractivity contribution in [2.24, 2.45) is 5.41 Å². The van der Waals surface area contributed by atoms with Crippen LogP contribution >= 0.6 is 23.2 Å². The Hall–Kier alpha value is -1.52. The molecule has 0 heterocycles. The van der Waals surface area contributed by atoms with Crippen LogP contribution in [-0.4, -0.2) is 18.4 Å². The summed E-state index contributed by atoms with van der Waals surface area (Å²) < 4.78 is 0. The Balaban J connectivity index is 1.91. The Morgan fingerprint density at radius 1 is 1.16 bits per heavy atom. The maximum absolute atomic E-state index is 12.5. The molecule has 0 unspecified atom stereocenters. The fourth-order valence-corrected chi connectivity index (χ4v) is 3.02. The molecule has 136 valence electrons. The van der Waals surface area contributed by atoms with Gasteiger partial charge in [-0.3, -0.25) is 9.59 Å². The highest BCUT2D eigenvalue weighted by molar-refractivity contribution is 6.44. The zero-order valence-corrected chi connectivity index (χ0v) is 16.1. The Morgan fingerprint density at radius 2 is 1.92 bits per heavy atom. The van der Waals surface area contributed by atoms with Crippen LogP contribution in [0.4, 0.5) is 5.69 Å². The predicted molar refractivity (Wildman–Crippen MR) is 103 cm³/mol. The van der Waals surface area contributed by atoms with E-state index in [2.05, 4.69) is 16.7 Å². The van der Waals surface area contributed by atoms with Crippen molar-refractivity contribution in [2.75, 3.05) is 11.9 Å². The van der Waals surface area contributed by atoms with E-state index in [1.54, 1.807) is 32.0 Å². The van der Waals surface area contributed by atoms with Gasteiger partial charge in [0.05, 0.1) is 15.7 Å². The van der Waals surface area contributed by atoms with Gasteiger partial charge in [-0.05, 0) is 58.1 Å². The summed E-state index contributed by atoms with van der Waals surface area (Å²) in [5.74, 6) is -0.731. The Labute approximate surface area is 159 Å². The third-order valence-corrected chi connectivity index (χ3v) is 5.27. The zero-order valence-electron chi connectivity index (χ0n) is 14.6. The van der Waals surface area contributed by atoms with Crippen LogP contribution < -0.4 is 10.6 Å². The number of hydrogen-bond donors (Lipinski definition) is 2. The van der Waals surface area contributed by atoms with Crippen molar-refractivity contribution in [1.29, 1.82) is 0 Å². The molecule has 0 atom stereocenters. The molecular weight excluding hydrogens is 359 g/mol. The Morgan fingerprint density at radius 3 is 2.60 bits per heavy atom. The minimum Gasteiger partial charge on any atom is -0.355 e. The second-order valence-corrected chi connectivity index (χ2v) is 7.58. The molecule has 25 heavy (non-hydrogen) atoms. The second kappa shape index (κ2) is 8.72. The van der Waals surface area contributed by atoms with Crippen LogP contribution in [0.2, 0.25) is 10.0 Å². The minimum absolute atomic E-state index is 0.262. The second-order valence-electron chi connectivity index (χ2n) is 6.79. The molecule has 1 aliphatic rings. The standard InChI is InChI=1S/C19H24Cl2N2O2/c1-19(2,17(24)22-12-11-13-7-4-3-5-8-13)18(25)23-15-10-6-9-14(20)16(15)21/h6-7,9-10H,3-5,8,11-12H2,1-2H3,(H,22,24)(H,23,25). The van der Waals surface area contributed by atoms with Crippen molar-refractivity contribution in [1.82, 2.24) is 5.32 Å². The zero-order chi connectivity index (χ0) is 18.4. The maximum atomic E-state index is 12.5. The lowest BCUT2D eigenvalue weighted by atomic mass is 9.90. The molecule has 2 N–H and O–H groups in total. The molecule has 2 rings (SSSR count). The van der Waals surface area contributed by atoms with E-state index >= 15 is 0 Å². The van der Waals surface area contributed by atoms with Gasteiger partial charge in [-0.1, -0.05) is 40.9 Å². The van der Waals surface area contributed by atoms with Crippen molar-refractivity contribution < 1.29 is 9.59 Å². The van der Waals surface area contributed by atoms with E-state index in [0.717, 1.165) is 19.3 Å². The first-order chi connectivity index (χ1) is 11.8. The van der Waals surface area contributed by atoms with E-state index in [0.29, 0.717) is 17.3 Å². The normalized spacial score (nSPS) is 14.6. The Bertz CT molecular complexity index is 684. The number of carbonyl (C=O) groups is 2. The smallest absolute Gasteiger partial charge is 0.239 e. The number of anilines is 1. The van der Waals surface area contributed by atoms with Crippen LogP contribution in [0.15, 0.2) is 29.8 Å². The molecule has 6 heteroatoms. The van der Waals surface area contributed by atoms with E-state index in [-0.39, 0.29) is 10.9 Å². The van der Waals surface area contributed by atoms with E-state index in [1.165, 1.54) is 18.4 Å². The first-order valence-electron chi connectivity index (χ1n) is 8.54. The van der Waals surface area contributed by atoms with Crippen LogP contribution in [0, 0.1) is 5.41 Å². The van der Waals surface area contributed by atoms with Crippen molar-refractivity contribution in [3.8, 4) is 0 Å². The summed E-state index contributed by atoms with van der Waals surface area (Å²) in [5, 5.41) is 6.16. The van der Waals surface area contributed by atoms with Crippen molar-refractivity contribution in [3.05, 3.63) is 39.9 Å². The molecule has 2 amide bonds. The van der Waals surface area contributed by atoms with Gasteiger partial charge in [0.25, 0.3) is 0 Å². The largest absolute Gasteiger partial charge is 0.355 e. The topological polar surface area (TPSA) is 58.2 Å². The van der Waals surface area contributed by atoms with Crippen LogP contribution in [0.25, 0.3) is 0 Å². The molecular formula is C19H24Cl2N2O2. The number of nitrogens with one attached hydrogen (secondary N) is 2. The third-order valence-electron chi connectivity index (χ3n) is 4.45. The lowest BCUT2D eigenvalue weighted by Crippen LogP contribution is -2.45. The summed E-state index contributed by atoms with van der Waals surface area (Å²) in [5.41, 5.74) is 0.569. The first kappa shape index (κ1) is 19.8. The number of amides is 2. The number of rotatable bonds is 6. The van der Waals surface area contributed by atoms with Gasteiger partial charge in [0.1, 0.15) is 5.41 Å². The predicted octanol–water partition coefficient (Wildman–Crippen LogP) is 4.96. The minimum atomic E-state index is -1.22. The number of halogens is 2. The Kier molecular flexibility index (Phi) is 6.91. The summed E-state index contributed by atoms with van der Waals surface area (Å²) in [4.78, 5) is 25.0. The van der Waals surface area contributed by atoms with Gasteiger partial charge in [0, 0.05) is 6.54 Å². The van der Waals surface area contributed by atoms with Gasteiger partial charge in [-0.15, -0.1) is 0 Å². The molecule has 0 spiro atoms. The van der Waals surface area contributed by atoms with Crippen LogP contribution in [0.1, 0.15) is 46.0 Å². The van der Waals surface area contributed by atoms with Crippen LogP contribution in [-0.2, 0) is 9.59 Å². The van der Waals surface area contributed by atoms with E-state index in [4.69, 9.17) is 23.2 Å². The quantitative estimate of drug-likeness (QED) is 0.539. The van der Waals surface area contributed by atoms with E-state index < -0.39 is 11.3 Å². The van der Waals surface area contributed by atoms with Gasteiger partial charge >= 0.3 is 0 Å². The molecule has 1 aromatic rings. The van der Waals surface area contributed by atoms with E-state index in [1.807, 2.05) is 0 Å². The molecule has 0 radical (unpaired) electrons. The van der Waals surface area contributed by atoms with E-state index in [9.17, 15) is 9.59 Å². The van der Waals surface area contributed by atoms with Gasteiger partial charge in [-0.2, -0.15) is 0 Å². The molecule has 0 aromatic heterocycles. The number of hydrogen-bond acceptors (Lipinski definition) is 2. The summed E-state index contributed by atoms with van der Waals surface area (Å²) in [6, 6.07) is 4.97. The summed E-state index contributed by atoms with van der Waals surface area (Å²) >= 11 is 12.0. The maximum Gasteiger partial charge on any atom is 0.239 e. The summed E-state index contributed by atoms with van der Waals surface area (Å²) in [6.45, 7) is 3.73. The average Bonchev–Trinajstić information content (AvgIpc) is 2.59. The first-order valence-corrected chi connectivity index (χ1v) is 9.29. The molecule has 4 nitrogen and oxygen atoms in total. The average molecular weight is 383 g/mol. The highest BCUT2D eigenvalue weighted by Crippen LogP contribution is 2.31. The number of allylic oxidation sites excluding steroid dienone is 1. The van der Waals surface area contributed by atoms with Crippen molar-refractivity contribution in [3.63, 3.8) is 0 Å². The molecule has 0 saturated heterocycles. The summed E-state index contributed by atoms with van der Waals surface area (Å²) in [7, 11) is 0. The lowest BCUT2D eigenvalue weighted by molar-refractivity contribution is -0.138. The van der Waals surface area contributed by atoms with Gasteiger partial charge in [0.15, 0.2) is 0 Å². The molecule has 1 aliphatic carbocycles. The van der Waals surface area contributed by atoms with Gasteiger partial charge in [-0.25, -0.2) is 0 Å². The molecule has 0 bridgehead atoms. The lowest BCUT2D eigenvalue weighted by Gasteiger charge is -2.23. The highest BCUT2D eigenvalue weighted by Gasteiger charge is 2.36. The van der Waals surface area contributed by atoms with Crippen molar-refractivity contribution in [2.45, 2.75) is 46.0 Å². The molecule has 0 saturated carbocycles. The monoisotopic (exact) mass is 382 g/mol. The van der Waals surface area contributed by atoms with Crippen LogP contribution in [0.5, 0.6) is 0 Å². The fourth-order valence-electron chi connectivity index (χ4n) is 2.67. The van der Waals surface area contributed by atoms with Crippen molar-refractivity contribution >= 4 is 40.7 Å². The third kappa shape index (κ3) is 5.23. The molecule has 0 aliphatic heterocycles. The van der Waals surface area contributed by atoms with Gasteiger partial charge < -0.3 is 10.6 Å². The number of benzene rings is 1. The van der Waals surface area contributed by atoms with Crippen LogP contribution in [0.3, 0.4) is 0 Å². The fraction of sp³-hybridized carbons (Fsp3) is 0.474. The molecule has 1 aromatic carbocycles. The van der Waals surface area contributed by atoms with Gasteiger partial charge in [0.2, 0.25) is 11.8 Å².